The first kappa shape index (κ1) is 10.5. The Bertz CT molecular complexity index is 325. The molecule has 1 aliphatic rings. The molecule has 0 fully saturated rings. The molecule has 0 saturated heterocycles. The minimum absolute atomic E-state index is 0.917. The van der Waals surface area contributed by atoms with Gasteiger partial charge in [-0.3, -0.25) is 0 Å². The third-order valence-corrected chi connectivity index (χ3v) is 3.47. The van der Waals surface area contributed by atoms with Gasteiger partial charge in [-0.15, -0.1) is 6.58 Å². The minimum atomic E-state index is 0.917. The van der Waals surface area contributed by atoms with Gasteiger partial charge in [0.25, 0.3) is 0 Å². The Hall–Kier alpha value is -1.04. The van der Waals surface area contributed by atoms with Crippen molar-refractivity contribution in [2.24, 2.45) is 5.92 Å². The average Bonchev–Trinajstić information content (AvgIpc) is 2.29. The van der Waals surface area contributed by atoms with E-state index in [1.165, 1.54) is 38.5 Å². The number of rotatable bonds is 4. The monoisotopic (exact) mass is 200 g/mol. The molecular formula is C15H20. The Kier molecular flexibility index (Phi) is 3.60. The number of unbranched alkanes of at least 4 members (excludes halogenated alkanes) is 1. The van der Waals surface area contributed by atoms with Crippen molar-refractivity contribution in [3.63, 3.8) is 0 Å². The van der Waals surface area contributed by atoms with Crippen LogP contribution in [0.2, 0.25) is 0 Å². The standard InChI is InChI=1S/C15H20/c1-2-3-4-7-13-10-11-14-8-5-6-9-15(14)12-13/h2,5-6,8-9,13H,1,3-4,7,10-12H2. The SMILES string of the molecule is C=CCCCC1CCc2ccccc2C1. The van der Waals surface area contributed by atoms with Crippen LogP contribution in [0.25, 0.3) is 0 Å². The predicted molar refractivity (Wildman–Crippen MR) is 66.0 cm³/mol. The molecule has 0 saturated carbocycles. The molecule has 0 spiro atoms. The maximum atomic E-state index is 3.78. The van der Waals surface area contributed by atoms with E-state index in [-0.39, 0.29) is 0 Å². The lowest BCUT2D eigenvalue weighted by Gasteiger charge is -2.24. The molecule has 1 aliphatic carbocycles. The predicted octanol–water partition coefficient (Wildman–Crippen LogP) is 4.15. The molecule has 0 radical (unpaired) electrons. The van der Waals surface area contributed by atoms with Gasteiger partial charge in [0.2, 0.25) is 0 Å². The van der Waals surface area contributed by atoms with Crippen molar-refractivity contribution < 1.29 is 0 Å². The van der Waals surface area contributed by atoms with E-state index in [4.69, 9.17) is 0 Å². The van der Waals surface area contributed by atoms with E-state index in [0.717, 1.165) is 5.92 Å². The van der Waals surface area contributed by atoms with Crippen LogP contribution in [0.5, 0.6) is 0 Å². The van der Waals surface area contributed by atoms with Crippen LogP contribution < -0.4 is 0 Å². The van der Waals surface area contributed by atoms with Gasteiger partial charge in [-0.1, -0.05) is 30.3 Å². The summed E-state index contributed by atoms with van der Waals surface area (Å²) in [6.07, 6.45) is 9.88. The van der Waals surface area contributed by atoms with Crippen molar-refractivity contribution >= 4 is 0 Å². The third-order valence-electron chi connectivity index (χ3n) is 3.47. The van der Waals surface area contributed by atoms with Crippen LogP contribution in [0.15, 0.2) is 36.9 Å². The van der Waals surface area contributed by atoms with Crippen molar-refractivity contribution in [2.75, 3.05) is 0 Å². The van der Waals surface area contributed by atoms with Gasteiger partial charge in [0, 0.05) is 0 Å². The Balaban J connectivity index is 1.91. The van der Waals surface area contributed by atoms with Crippen LogP contribution in [0.3, 0.4) is 0 Å². The van der Waals surface area contributed by atoms with Gasteiger partial charge in [-0.25, -0.2) is 0 Å². The summed E-state index contributed by atoms with van der Waals surface area (Å²) >= 11 is 0. The highest BCUT2D eigenvalue weighted by atomic mass is 14.2. The fraction of sp³-hybridized carbons (Fsp3) is 0.467. The zero-order valence-corrected chi connectivity index (χ0v) is 9.41. The number of hydrogen-bond acceptors (Lipinski definition) is 0. The van der Waals surface area contributed by atoms with E-state index in [0.29, 0.717) is 0 Å². The van der Waals surface area contributed by atoms with E-state index in [9.17, 15) is 0 Å². The van der Waals surface area contributed by atoms with Crippen molar-refractivity contribution in [1.29, 1.82) is 0 Å². The van der Waals surface area contributed by atoms with Crippen molar-refractivity contribution in [1.82, 2.24) is 0 Å². The molecule has 0 heterocycles. The number of aryl methyl sites for hydroxylation is 1. The second kappa shape index (κ2) is 5.16. The summed E-state index contributed by atoms with van der Waals surface area (Å²) in [4.78, 5) is 0. The average molecular weight is 200 g/mol. The number of allylic oxidation sites excluding steroid dienone is 1. The molecule has 0 aliphatic heterocycles. The van der Waals surface area contributed by atoms with E-state index in [2.05, 4.69) is 30.8 Å². The zero-order chi connectivity index (χ0) is 10.5. The quantitative estimate of drug-likeness (QED) is 0.506. The highest BCUT2D eigenvalue weighted by molar-refractivity contribution is 5.29. The molecule has 1 atom stereocenters. The summed E-state index contributed by atoms with van der Waals surface area (Å²) in [5.41, 5.74) is 3.17. The van der Waals surface area contributed by atoms with Crippen molar-refractivity contribution in [3.8, 4) is 0 Å². The van der Waals surface area contributed by atoms with E-state index in [1.807, 2.05) is 6.08 Å². The first-order valence-corrected chi connectivity index (χ1v) is 6.08. The second-order valence-electron chi connectivity index (χ2n) is 4.60. The summed E-state index contributed by atoms with van der Waals surface area (Å²) in [7, 11) is 0. The van der Waals surface area contributed by atoms with Gasteiger partial charge in [-0.2, -0.15) is 0 Å². The lowest BCUT2D eigenvalue weighted by atomic mass is 9.81. The first-order chi connectivity index (χ1) is 7.40. The molecule has 0 N–H and O–H groups in total. The topological polar surface area (TPSA) is 0 Å². The number of hydrogen-bond donors (Lipinski definition) is 0. The molecule has 1 aromatic carbocycles. The molecule has 0 aromatic heterocycles. The molecule has 0 bridgehead atoms. The Labute approximate surface area is 93.0 Å². The first-order valence-electron chi connectivity index (χ1n) is 6.08. The Morgan fingerprint density at radius 2 is 2.07 bits per heavy atom. The van der Waals surface area contributed by atoms with Gasteiger partial charge in [0.05, 0.1) is 0 Å². The van der Waals surface area contributed by atoms with Crippen LogP contribution >= 0.6 is 0 Å². The number of benzene rings is 1. The zero-order valence-electron chi connectivity index (χ0n) is 9.41. The van der Waals surface area contributed by atoms with Gasteiger partial charge in [-0.05, 0) is 55.6 Å². The normalized spacial score (nSPS) is 19.6. The Morgan fingerprint density at radius 1 is 1.27 bits per heavy atom. The van der Waals surface area contributed by atoms with Crippen LogP contribution in [-0.4, -0.2) is 0 Å². The van der Waals surface area contributed by atoms with E-state index in [1.54, 1.807) is 11.1 Å². The fourth-order valence-corrected chi connectivity index (χ4v) is 2.57. The molecule has 1 unspecified atom stereocenters. The molecule has 80 valence electrons. The smallest absolute Gasteiger partial charge is 0.0248 e. The molecule has 2 rings (SSSR count). The molecular weight excluding hydrogens is 180 g/mol. The maximum Gasteiger partial charge on any atom is -0.0248 e. The van der Waals surface area contributed by atoms with Crippen molar-refractivity contribution in [2.45, 2.75) is 38.5 Å². The van der Waals surface area contributed by atoms with Crippen LogP contribution in [0.4, 0.5) is 0 Å². The third kappa shape index (κ3) is 2.71. The van der Waals surface area contributed by atoms with Crippen LogP contribution in [0, 0.1) is 5.92 Å². The minimum Gasteiger partial charge on any atom is -0.103 e. The summed E-state index contributed by atoms with van der Waals surface area (Å²) < 4.78 is 0. The van der Waals surface area contributed by atoms with Crippen LogP contribution in [0.1, 0.15) is 36.8 Å². The van der Waals surface area contributed by atoms with Gasteiger partial charge >= 0.3 is 0 Å². The highest BCUT2D eigenvalue weighted by Crippen LogP contribution is 2.28. The molecule has 15 heavy (non-hydrogen) atoms. The van der Waals surface area contributed by atoms with Gasteiger partial charge in [0.15, 0.2) is 0 Å². The maximum absolute atomic E-state index is 3.78. The second-order valence-corrected chi connectivity index (χ2v) is 4.60. The molecule has 0 heteroatoms. The lowest BCUT2D eigenvalue weighted by Crippen LogP contribution is -2.13. The molecule has 0 nitrogen and oxygen atoms in total. The van der Waals surface area contributed by atoms with Crippen molar-refractivity contribution in [3.05, 3.63) is 48.0 Å². The molecule has 1 aromatic rings. The number of fused-ring (bicyclic) bond motifs is 1. The van der Waals surface area contributed by atoms with Gasteiger partial charge in [0.1, 0.15) is 0 Å². The largest absolute Gasteiger partial charge is 0.103 e. The summed E-state index contributed by atoms with van der Waals surface area (Å²) in [6, 6.07) is 8.92. The highest BCUT2D eigenvalue weighted by Gasteiger charge is 2.17. The van der Waals surface area contributed by atoms with Crippen LogP contribution in [-0.2, 0) is 12.8 Å². The van der Waals surface area contributed by atoms with Gasteiger partial charge < -0.3 is 0 Å². The summed E-state index contributed by atoms with van der Waals surface area (Å²) in [5.74, 6) is 0.917. The summed E-state index contributed by atoms with van der Waals surface area (Å²) in [6.45, 7) is 3.78. The molecule has 0 amide bonds. The lowest BCUT2D eigenvalue weighted by molar-refractivity contribution is 0.416. The van der Waals surface area contributed by atoms with E-state index >= 15 is 0 Å². The Morgan fingerprint density at radius 3 is 2.87 bits per heavy atom. The summed E-state index contributed by atoms with van der Waals surface area (Å²) in [5, 5.41) is 0. The van der Waals surface area contributed by atoms with E-state index < -0.39 is 0 Å². The fourth-order valence-electron chi connectivity index (χ4n) is 2.57.